The lowest BCUT2D eigenvalue weighted by molar-refractivity contribution is 0.0934. The van der Waals surface area contributed by atoms with Crippen LogP contribution in [0.5, 0.6) is 0 Å². The highest BCUT2D eigenvalue weighted by Crippen LogP contribution is 2.01. The van der Waals surface area contributed by atoms with Crippen LogP contribution in [0.3, 0.4) is 0 Å². The molecule has 0 unspecified atom stereocenters. The highest BCUT2D eigenvalue weighted by atomic mass is 32.2. The normalized spacial score (nSPS) is 13.2. The van der Waals surface area contributed by atoms with Gasteiger partial charge in [-0.25, -0.2) is 8.42 Å². The summed E-state index contributed by atoms with van der Waals surface area (Å²) in [5.41, 5.74) is 0.479. The maximum atomic E-state index is 12.2. The highest BCUT2D eigenvalue weighted by molar-refractivity contribution is 7.92. The lowest BCUT2D eigenvalue weighted by Crippen LogP contribution is -2.33. The predicted octanol–water partition coefficient (Wildman–Crippen LogP) is 1.51. The third-order valence-corrected chi connectivity index (χ3v) is 4.29. The summed E-state index contributed by atoms with van der Waals surface area (Å²) in [5.74, 6) is -0.928. The molecule has 0 amide bonds. The second-order valence-corrected chi connectivity index (χ2v) is 7.60. The van der Waals surface area contributed by atoms with Crippen LogP contribution in [0.1, 0.15) is 32.5 Å². The smallest absolute Gasteiger partial charge is 0.247 e. The molecule has 0 aliphatic carbocycles. The third-order valence-electron chi connectivity index (χ3n) is 2.43. The Morgan fingerprint density at radius 2 is 1.90 bits per heavy atom. The van der Waals surface area contributed by atoms with Gasteiger partial charge in [-0.05, 0) is 31.9 Å². The molecule has 0 aromatic carbocycles. The first-order chi connectivity index (χ1) is 9.21. The van der Waals surface area contributed by atoms with Crippen molar-refractivity contribution in [2.75, 3.05) is 11.5 Å². The molecule has 20 heavy (non-hydrogen) atoms. The fraction of sp³-hybridized carbons (Fsp3) is 0.571. The van der Waals surface area contributed by atoms with Gasteiger partial charge in [-0.1, -0.05) is 19.9 Å². The summed E-state index contributed by atoms with van der Waals surface area (Å²) in [6.45, 7) is 7.43. The molecule has 6 heteroatoms. The first kappa shape index (κ1) is 16.6. The summed E-state index contributed by atoms with van der Waals surface area (Å²) in [7, 11) is -3.39. The average Bonchev–Trinajstić information content (AvgIpc) is 2.25. The Labute approximate surface area is 120 Å². The average molecular weight is 298 g/mol. The summed E-state index contributed by atoms with van der Waals surface area (Å²) in [6, 6.07) is 5.19. The van der Waals surface area contributed by atoms with E-state index in [9.17, 15) is 13.2 Å². The Hall–Kier alpha value is -1.43. The molecule has 0 spiro atoms. The molecule has 0 saturated heterocycles. The molecule has 1 aromatic heterocycles. The second kappa shape index (κ2) is 6.83. The Morgan fingerprint density at radius 3 is 2.45 bits per heavy atom. The minimum atomic E-state index is -3.39. The van der Waals surface area contributed by atoms with Crippen molar-refractivity contribution in [2.24, 2.45) is 10.9 Å². The molecule has 0 atom stereocenters. The van der Waals surface area contributed by atoms with Crippen LogP contribution >= 0.6 is 0 Å². The monoisotopic (exact) mass is 298 g/mol. The maximum absolute atomic E-state index is 12.2. The molecule has 5 nitrogen and oxygen atoms in total. The van der Waals surface area contributed by atoms with Crippen molar-refractivity contribution < 1.29 is 13.2 Å². The van der Waals surface area contributed by atoms with E-state index in [-0.39, 0.29) is 17.7 Å². The van der Waals surface area contributed by atoms with Crippen LogP contribution in [0, 0.1) is 5.92 Å². The van der Waals surface area contributed by atoms with Gasteiger partial charge in [0, 0.05) is 12.2 Å². The van der Waals surface area contributed by atoms with Crippen LogP contribution < -0.4 is 5.49 Å². The van der Waals surface area contributed by atoms with Gasteiger partial charge in [0.05, 0.1) is 5.75 Å². The van der Waals surface area contributed by atoms with Crippen molar-refractivity contribution in [3.8, 4) is 0 Å². The Kier molecular flexibility index (Phi) is 5.68. The summed E-state index contributed by atoms with van der Waals surface area (Å²) < 4.78 is 25.1. The second-order valence-electron chi connectivity index (χ2n) is 5.49. The van der Waals surface area contributed by atoms with E-state index in [2.05, 4.69) is 4.99 Å². The number of hydrogen-bond donors (Lipinski definition) is 0. The van der Waals surface area contributed by atoms with Crippen molar-refractivity contribution in [1.29, 1.82) is 0 Å². The molecular weight excluding hydrogens is 276 g/mol. The van der Waals surface area contributed by atoms with Gasteiger partial charge in [-0.3, -0.25) is 14.4 Å². The molecule has 0 aliphatic heterocycles. The van der Waals surface area contributed by atoms with E-state index in [4.69, 9.17) is 0 Å². The first-order valence-corrected chi connectivity index (χ1v) is 8.48. The first-order valence-electron chi connectivity index (χ1n) is 6.66. The maximum Gasteiger partial charge on any atom is 0.247 e. The molecule has 112 valence electrons. The van der Waals surface area contributed by atoms with Crippen LogP contribution in [0.4, 0.5) is 0 Å². The van der Waals surface area contributed by atoms with Crippen LogP contribution in [-0.2, 0) is 9.84 Å². The van der Waals surface area contributed by atoms with Gasteiger partial charge in [0.15, 0.2) is 9.84 Å². The van der Waals surface area contributed by atoms with E-state index in [1.807, 2.05) is 27.7 Å². The van der Waals surface area contributed by atoms with Gasteiger partial charge in [0.25, 0.3) is 0 Å². The Morgan fingerprint density at radius 1 is 1.25 bits per heavy atom. The molecule has 0 bridgehead atoms. The van der Waals surface area contributed by atoms with Gasteiger partial charge in [0.1, 0.15) is 11.2 Å². The van der Waals surface area contributed by atoms with Gasteiger partial charge in [-0.15, -0.1) is 0 Å². The van der Waals surface area contributed by atoms with Gasteiger partial charge in [-0.2, -0.15) is 0 Å². The lowest BCUT2D eigenvalue weighted by Gasteiger charge is -2.09. The van der Waals surface area contributed by atoms with Gasteiger partial charge in [0.2, 0.25) is 5.91 Å². The van der Waals surface area contributed by atoms with E-state index in [0.717, 1.165) is 0 Å². The molecule has 0 fully saturated rings. The number of pyridine rings is 1. The Balaban J connectivity index is 3.06. The highest BCUT2D eigenvalue weighted by Gasteiger charge is 2.19. The number of nitrogens with zero attached hydrogens (tertiary/aromatic N) is 2. The minimum Gasteiger partial charge on any atom is -0.273 e. The van der Waals surface area contributed by atoms with E-state index in [1.165, 1.54) is 4.57 Å². The molecule has 0 N–H and O–H groups in total. The van der Waals surface area contributed by atoms with E-state index >= 15 is 0 Å². The largest absolute Gasteiger partial charge is 0.273 e. The van der Waals surface area contributed by atoms with Crippen molar-refractivity contribution >= 4 is 15.7 Å². The summed E-state index contributed by atoms with van der Waals surface area (Å²) in [6.07, 6.45) is 1.55. The minimum absolute atomic E-state index is 0.00777. The van der Waals surface area contributed by atoms with E-state index < -0.39 is 21.5 Å². The topological polar surface area (TPSA) is 68.5 Å². The molecule has 1 rings (SSSR count). The Bertz CT molecular complexity index is 628. The van der Waals surface area contributed by atoms with E-state index in [1.54, 1.807) is 24.4 Å². The number of carbonyl (C=O) groups is 1. The molecular formula is C14H22N2O3S. The molecule has 0 aliphatic rings. The number of hydrogen-bond acceptors (Lipinski definition) is 4. The molecule has 0 radical (unpaired) electrons. The van der Waals surface area contributed by atoms with Crippen LogP contribution in [0.15, 0.2) is 29.4 Å². The predicted molar refractivity (Wildman–Crippen MR) is 79.2 cm³/mol. The summed E-state index contributed by atoms with van der Waals surface area (Å²) in [4.78, 5) is 16.5. The molecule has 1 heterocycles. The van der Waals surface area contributed by atoms with Crippen LogP contribution in [0.25, 0.3) is 0 Å². The van der Waals surface area contributed by atoms with Gasteiger partial charge >= 0.3 is 0 Å². The number of carbonyl (C=O) groups excluding carboxylic acids is 1. The summed E-state index contributed by atoms with van der Waals surface area (Å²) in [5, 5.41) is 0. The zero-order valence-electron chi connectivity index (χ0n) is 12.4. The number of aromatic nitrogens is 1. The van der Waals surface area contributed by atoms with Crippen LogP contribution in [0.2, 0.25) is 0 Å². The van der Waals surface area contributed by atoms with Crippen molar-refractivity contribution in [1.82, 2.24) is 4.57 Å². The standard InChI is InChI=1S/C14H22N2O3S/c1-11(2)9-20(18,19)10-14(17)16-8-6-5-7-13(16)15-12(3)4/h5-8,11-12H,9-10H2,1-4H3. The van der Waals surface area contributed by atoms with Crippen molar-refractivity contribution in [3.05, 3.63) is 29.9 Å². The van der Waals surface area contributed by atoms with E-state index in [0.29, 0.717) is 5.49 Å². The van der Waals surface area contributed by atoms with Gasteiger partial charge < -0.3 is 0 Å². The molecule has 0 saturated carbocycles. The van der Waals surface area contributed by atoms with Crippen molar-refractivity contribution in [2.45, 2.75) is 33.7 Å². The fourth-order valence-electron chi connectivity index (χ4n) is 1.84. The fourth-order valence-corrected chi connectivity index (χ4v) is 3.49. The lowest BCUT2D eigenvalue weighted by atomic mass is 10.3. The number of rotatable bonds is 5. The molecule has 1 aromatic rings. The third kappa shape index (κ3) is 5.28. The quantitative estimate of drug-likeness (QED) is 0.827. The number of sulfone groups is 1. The van der Waals surface area contributed by atoms with Crippen molar-refractivity contribution in [3.63, 3.8) is 0 Å². The SMILES string of the molecule is CC(C)CS(=O)(=O)CC(=O)n1ccccc1=NC(C)C. The zero-order chi connectivity index (χ0) is 15.3. The zero-order valence-corrected chi connectivity index (χ0v) is 13.2. The summed E-state index contributed by atoms with van der Waals surface area (Å²) >= 11 is 0. The van der Waals surface area contributed by atoms with Crippen LogP contribution in [-0.4, -0.2) is 36.4 Å².